The van der Waals surface area contributed by atoms with Gasteiger partial charge in [-0.1, -0.05) is 29.3 Å². The summed E-state index contributed by atoms with van der Waals surface area (Å²) in [7, 11) is 0. The van der Waals surface area contributed by atoms with Gasteiger partial charge in [0.05, 0.1) is 5.75 Å². The average molecular weight is 189 g/mol. The predicted molar refractivity (Wildman–Crippen MR) is 40.0 cm³/mol. The first kappa shape index (κ1) is 9.43. The molecule has 0 rings (SSSR count). The smallest absolute Gasteiger partial charge is 0.153 e. The number of halogens is 2. The molecule has 0 amide bonds. The first-order chi connectivity index (χ1) is 4.13. The molecule has 0 aliphatic heterocycles. The third-order valence-electron chi connectivity index (χ3n) is 0.591. The van der Waals surface area contributed by atoms with Gasteiger partial charge in [0.1, 0.15) is 4.49 Å². The van der Waals surface area contributed by atoms with Crippen molar-refractivity contribution in [1.82, 2.24) is 0 Å². The van der Waals surface area contributed by atoms with Gasteiger partial charge in [0.25, 0.3) is 0 Å². The summed E-state index contributed by atoms with van der Waals surface area (Å²) < 4.78 is 18.3. The van der Waals surface area contributed by atoms with Crippen LogP contribution in [0.25, 0.3) is 0 Å². The Hall–Kier alpha value is 0.430. The summed E-state index contributed by atoms with van der Waals surface area (Å²) in [5, 5.41) is 0. The van der Waals surface area contributed by atoms with Crippen LogP contribution < -0.4 is 0 Å². The lowest BCUT2D eigenvalue weighted by Gasteiger charge is -1.86. The summed E-state index contributed by atoms with van der Waals surface area (Å²) in [6, 6.07) is 0. The minimum atomic E-state index is -1.74. The highest BCUT2D eigenvalue weighted by atomic mass is 35.5. The maximum Gasteiger partial charge on any atom is 0.153 e. The van der Waals surface area contributed by atoms with Crippen molar-refractivity contribution in [3.8, 4) is 0 Å². The van der Waals surface area contributed by atoms with Crippen molar-refractivity contribution in [2.24, 2.45) is 0 Å². The molecule has 1 unspecified atom stereocenters. The van der Waals surface area contributed by atoms with E-state index in [4.69, 9.17) is 27.8 Å². The lowest BCUT2D eigenvalue weighted by atomic mass is 10.5. The Labute approximate surface area is 66.1 Å². The van der Waals surface area contributed by atoms with Gasteiger partial charge in [0.15, 0.2) is 11.1 Å². The van der Waals surface area contributed by atoms with Crippen LogP contribution in [-0.4, -0.2) is 14.5 Å². The van der Waals surface area contributed by atoms with Crippen molar-refractivity contribution < 1.29 is 8.76 Å². The molecule has 0 saturated carbocycles. The molecule has 0 aliphatic rings. The van der Waals surface area contributed by atoms with Crippen LogP contribution in [0.4, 0.5) is 0 Å². The van der Waals surface area contributed by atoms with Gasteiger partial charge in [-0.15, -0.1) is 0 Å². The molecule has 1 atom stereocenters. The van der Waals surface area contributed by atoms with Crippen LogP contribution in [0.15, 0.2) is 10.6 Å². The molecular weight excluding hydrogens is 183 g/mol. The van der Waals surface area contributed by atoms with Gasteiger partial charge < -0.3 is 4.55 Å². The van der Waals surface area contributed by atoms with E-state index in [0.717, 1.165) is 0 Å². The van der Waals surface area contributed by atoms with Crippen LogP contribution in [-0.2, 0) is 11.1 Å². The van der Waals surface area contributed by atoms with E-state index in [1.54, 1.807) is 0 Å². The summed E-state index contributed by atoms with van der Waals surface area (Å²) in [6.07, 6.45) is 1.92. The van der Waals surface area contributed by atoms with E-state index in [0.29, 0.717) is 6.42 Å². The number of hydrogen-bond donors (Lipinski definition) is 1. The van der Waals surface area contributed by atoms with Crippen LogP contribution in [0, 0.1) is 0 Å². The maximum absolute atomic E-state index is 9.98. The number of hydrogen-bond acceptors (Lipinski definition) is 1. The van der Waals surface area contributed by atoms with Crippen molar-refractivity contribution in [3.63, 3.8) is 0 Å². The molecule has 0 bridgehead atoms. The van der Waals surface area contributed by atoms with Gasteiger partial charge in [-0.25, -0.2) is 4.21 Å². The second kappa shape index (κ2) is 5.23. The Kier molecular flexibility index (Phi) is 5.48. The maximum atomic E-state index is 9.98. The van der Waals surface area contributed by atoms with E-state index in [2.05, 4.69) is 0 Å². The monoisotopic (exact) mass is 188 g/mol. The summed E-state index contributed by atoms with van der Waals surface area (Å²) in [6.45, 7) is 0. The highest BCUT2D eigenvalue weighted by molar-refractivity contribution is 7.79. The standard InChI is InChI=1S/C4H6Cl2O2S/c5-4(6)2-1-3-9(7)8/h2H,1,3H2,(H,7,8). The molecule has 0 fully saturated rings. The Morgan fingerprint density at radius 1 is 1.67 bits per heavy atom. The van der Waals surface area contributed by atoms with Crippen molar-refractivity contribution in [2.45, 2.75) is 6.42 Å². The second-order valence-corrected chi connectivity index (χ2v) is 3.37. The first-order valence-electron chi connectivity index (χ1n) is 2.21. The Morgan fingerprint density at radius 3 is 2.56 bits per heavy atom. The zero-order valence-corrected chi connectivity index (χ0v) is 6.84. The zero-order chi connectivity index (χ0) is 7.28. The summed E-state index contributed by atoms with van der Waals surface area (Å²) in [5.74, 6) is 0.183. The van der Waals surface area contributed by atoms with E-state index in [1.165, 1.54) is 6.08 Å². The fraction of sp³-hybridized carbons (Fsp3) is 0.500. The zero-order valence-electron chi connectivity index (χ0n) is 4.51. The van der Waals surface area contributed by atoms with Gasteiger partial charge in [-0.3, -0.25) is 0 Å². The Bertz CT molecular complexity index is 131. The van der Waals surface area contributed by atoms with Crippen LogP contribution in [0.1, 0.15) is 6.42 Å². The average Bonchev–Trinajstić information content (AvgIpc) is 1.63. The van der Waals surface area contributed by atoms with Gasteiger partial charge in [-0.2, -0.15) is 0 Å². The lowest BCUT2D eigenvalue weighted by Crippen LogP contribution is -1.91. The van der Waals surface area contributed by atoms with Gasteiger partial charge >= 0.3 is 0 Å². The van der Waals surface area contributed by atoms with Crippen molar-refractivity contribution in [1.29, 1.82) is 0 Å². The van der Waals surface area contributed by atoms with Gasteiger partial charge in [0, 0.05) is 0 Å². The van der Waals surface area contributed by atoms with Crippen LogP contribution in [0.5, 0.6) is 0 Å². The third kappa shape index (κ3) is 8.43. The largest absolute Gasteiger partial charge is 0.306 e. The van der Waals surface area contributed by atoms with E-state index >= 15 is 0 Å². The highest BCUT2D eigenvalue weighted by Gasteiger charge is 1.89. The normalized spacial score (nSPS) is 12.8. The molecule has 2 nitrogen and oxygen atoms in total. The second-order valence-electron chi connectivity index (χ2n) is 1.31. The molecule has 1 N–H and O–H groups in total. The Balaban J connectivity index is 3.31. The first-order valence-corrected chi connectivity index (χ1v) is 4.24. The van der Waals surface area contributed by atoms with E-state index in [-0.39, 0.29) is 10.2 Å². The summed E-state index contributed by atoms with van der Waals surface area (Å²) in [5.41, 5.74) is 0. The quantitative estimate of drug-likeness (QED) is 0.688. The predicted octanol–water partition coefficient (Wildman–Crippen LogP) is 1.92. The van der Waals surface area contributed by atoms with Gasteiger partial charge in [0.2, 0.25) is 0 Å². The molecule has 9 heavy (non-hydrogen) atoms. The van der Waals surface area contributed by atoms with E-state index < -0.39 is 11.1 Å². The molecule has 5 heteroatoms. The highest BCUT2D eigenvalue weighted by Crippen LogP contribution is 2.06. The van der Waals surface area contributed by atoms with Gasteiger partial charge in [-0.05, 0) is 6.42 Å². The van der Waals surface area contributed by atoms with E-state index in [1.807, 2.05) is 0 Å². The topological polar surface area (TPSA) is 37.3 Å². The van der Waals surface area contributed by atoms with E-state index in [9.17, 15) is 4.21 Å². The molecule has 0 heterocycles. The summed E-state index contributed by atoms with van der Waals surface area (Å²) >= 11 is 8.67. The SMILES string of the molecule is O=S(O)CCC=C(Cl)Cl. The van der Waals surface area contributed by atoms with Crippen molar-refractivity contribution in [3.05, 3.63) is 10.6 Å². The lowest BCUT2D eigenvalue weighted by molar-refractivity contribution is 0.564. The molecule has 0 aromatic rings. The molecule has 0 aromatic carbocycles. The van der Waals surface area contributed by atoms with Crippen molar-refractivity contribution >= 4 is 34.3 Å². The third-order valence-corrected chi connectivity index (χ3v) is 1.48. The fourth-order valence-corrected chi connectivity index (χ4v) is 0.807. The van der Waals surface area contributed by atoms with Crippen LogP contribution in [0.2, 0.25) is 0 Å². The minimum Gasteiger partial charge on any atom is -0.306 e. The Morgan fingerprint density at radius 2 is 2.22 bits per heavy atom. The molecular formula is C4H6Cl2O2S. The molecule has 0 radical (unpaired) electrons. The summed E-state index contributed by atoms with van der Waals surface area (Å²) in [4.78, 5) is 0. The van der Waals surface area contributed by atoms with Crippen LogP contribution >= 0.6 is 23.2 Å². The molecule has 54 valence electrons. The molecule has 0 spiro atoms. The molecule has 0 aliphatic carbocycles. The fourth-order valence-electron chi connectivity index (χ4n) is 0.269. The van der Waals surface area contributed by atoms with Crippen molar-refractivity contribution in [2.75, 3.05) is 5.75 Å². The molecule has 0 aromatic heterocycles. The minimum absolute atomic E-state index is 0.139. The number of rotatable bonds is 3. The molecule has 0 saturated heterocycles. The van der Waals surface area contributed by atoms with Crippen LogP contribution in [0.3, 0.4) is 0 Å². The number of allylic oxidation sites excluding steroid dienone is 1.